The smallest absolute Gasteiger partial charge is 0.251 e. The maximum atomic E-state index is 13.3. The van der Waals surface area contributed by atoms with Crippen molar-refractivity contribution < 1.29 is 17.9 Å². The van der Waals surface area contributed by atoms with Crippen LogP contribution >= 0.6 is 11.8 Å². The van der Waals surface area contributed by atoms with Gasteiger partial charge in [0.2, 0.25) is 0 Å². The van der Waals surface area contributed by atoms with Crippen LogP contribution in [0.1, 0.15) is 30.4 Å². The second-order valence-corrected chi connectivity index (χ2v) is 13.0. The summed E-state index contributed by atoms with van der Waals surface area (Å²) in [6.45, 7) is 2.46. The molecular weight excluding hydrogens is 528 g/mol. The number of sulfone groups is 1. The van der Waals surface area contributed by atoms with Crippen molar-refractivity contribution in [2.24, 2.45) is 0 Å². The number of amides is 1. The summed E-state index contributed by atoms with van der Waals surface area (Å²) in [7, 11) is -1.37. The molecule has 1 amide bonds. The molecule has 204 valence electrons. The van der Waals surface area contributed by atoms with Crippen molar-refractivity contribution in [2.45, 2.75) is 41.6 Å². The van der Waals surface area contributed by atoms with Crippen LogP contribution in [0.15, 0.2) is 82.1 Å². The Balaban J connectivity index is 1.34. The van der Waals surface area contributed by atoms with Crippen LogP contribution in [0.3, 0.4) is 0 Å². The monoisotopic (exact) mass is 562 g/mol. The fourth-order valence-electron chi connectivity index (χ4n) is 5.24. The minimum Gasteiger partial charge on any atom is -0.381 e. The number of hydrogen-bond donors (Lipinski definition) is 1. The summed E-state index contributed by atoms with van der Waals surface area (Å²) in [4.78, 5) is 17.0. The van der Waals surface area contributed by atoms with Gasteiger partial charge >= 0.3 is 0 Å². The number of rotatable bonds is 7. The second-order valence-electron chi connectivity index (χ2n) is 10.1. The minimum atomic E-state index is -3.51. The highest BCUT2D eigenvalue weighted by Crippen LogP contribution is 2.34. The van der Waals surface area contributed by atoms with Crippen LogP contribution in [0.4, 0.5) is 5.69 Å². The van der Waals surface area contributed by atoms with Crippen molar-refractivity contribution in [3.8, 4) is 11.1 Å². The van der Waals surface area contributed by atoms with Crippen LogP contribution < -0.4 is 5.32 Å². The zero-order valence-electron chi connectivity index (χ0n) is 22.4. The van der Waals surface area contributed by atoms with Gasteiger partial charge in [0.05, 0.1) is 10.6 Å². The number of anilines is 1. The van der Waals surface area contributed by atoms with Crippen molar-refractivity contribution in [1.82, 2.24) is 4.90 Å². The molecule has 6 nitrogen and oxygen atoms in total. The molecule has 0 aromatic heterocycles. The molecule has 5 rings (SSSR count). The molecule has 0 spiro atoms. The van der Waals surface area contributed by atoms with Crippen molar-refractivity contribution in [2.75, 3.05) is 37.6 Å². The van der Waals surface area contributed by atoms with Crippen LogP contribution in [-0.4, -0.2) is 57.5 Å². The van der Waals surface area contributed by atoms with Crippen molar-refractivity contribution >= 4 is 39.3 Å². The first-order chi connectivity index (χ1) is 18.8. The molecule has 0 unspecified atom stereocenters. The Labute approximate surface area is 235 Å². The molecule has 1 saturated heterocycles. The van der Waals surface area contributed by atoms with E-state index in [2.05, 4.69) is 17.3 Å². The van der Waals surface area contributed by atoms with E-state index >= 15 is 0 Å². The standard InChI is InChI=1S/C31H34N2O4S2/c1-33(27-13-16-37-17-14-27)21-22-7-10-26(11-8-22)32-31(34)24-15-18-39(35,36)30-12-9-23(19-25(30)20-24)28-5-3-4-6-29(28)38-2/h3-12,19-20,27H,13-18,21H2,1-2H3,(H,32,34). The number of ether oxygens (including phenoxy) is 1. The van der Waals surface area contributed by atoms with Crippen LogP contribution in [0.25, 0.3) is 17.2 Å². The lowest BCUT2D eigenvalue weighted by atomic mass is 10.0. The summed E-state index contributed by atoms with van der Waals surface area (Å²) in [5.41, 5.74) is 4.83. The highest BCUT2D eigenvalue weighted by Gasteiger charge is 2.25. The molecule has 1 fully saturated rings. The number of nitrogens with one attached hydrogen (secondary N) is 1. The van der Waals surface area contributed by atoms with Gasteiger partial charge < -0.3 is 10.1 Å². The quantitative estimate of drug-likeness (QED) is 0.362. The number of benzene rings is 3. The van der Waals surface area contributed by atoms with Crippen LogP contribution in [0.2, 0.25) is 0 Å². The highest BCUT2D eigenvalue weighted by atomic mass is 32.2. The third kappa shape index (κ3) is 6.47. The third-order valence-electron chi connectivity index (χ3n) is 7.48. The molecule has 3 aromatic carbocycles. The van der Waals surface area contributed by atoms with E-state index in [-0.39, 0.29) is 23.0 Å². The zero-order chi connectivity index (χ0) is 27.4. The van der Waals surface area contributed by atoms with Crippen molar-refractivity contribution in [3.63, 3.8) is 0 Å². The molecular formula is C31H34N2O4S2. The molecule has 39 heavy (non-hydrogen) atoms. The lowest BCUT2D eigenvalue weighted by molar-refractivity contribution is -0.112. The Kier molecular flexibility index (Phi) is 8.57. The predicted molar refractivity (Wildman–Crippen MR) is 159 cm³/mol. The first kappa shape index (κ1) is 27.6. The van der Waals surface area contributed by atoms with Gasteiger partial charge in [-0.05, 0) is 91.2 Å². The maximum absolute atomic E-state index is 13.3. The van der Waals surface area contributed by atoms with Crippen molar-refractivity contribution in [3.05, 3.63) is 83.4 Å². The second kappa shape index (κ2) is 12.1. The molecule has 0 aliphatic carbocycles. The van der Waals surface area contributed by atoms with E-state index in [1.807, 2.05) is 66.9 Å². The fraction of sp³-hybridized carbons (Fsp3) is 0.323. The van der Waals surface area contributed by atoms with E-state index < -0.39 is 9.84 Å². The number of carbonyl (C=O) groups excluding carboxylic acids is 1. The fourth-order valence-corrected chi connectivity index (χ4v) is 7.32. The van der Waals surface area contributed by atoms with E-state index in [9.17, 15) is 13.2 Å². The zero-order valence-corrected chi connectivity index (χ0v) is 24.0. The predicted octanol–water partition coefficient (Wildman–Crippen LogP) is 5.89. The topological polar surface area (TPSA) is 75.7 Å². The van der Waals surface area contributed by atoms with Gasteiger partial charge in [-0.2, -0.15) is 0 Å². The number of fused-ring (bicyclic) bond motifs is 1. The van der Waals surface area contributed by atoms with Gasteiger partial charge in [-0.3, -0.25) is 9.69 Å². The largest absolute Gasteiger partial charge is 0.381 e. The average molecular weight is 563 g/mol. The van der Waals surface area contributed by atoms with Gasteiger partial charge in [-0.1, -0.05) is 36.4 Å². The number of thioether (sulfide) groups is 1. The molecule has 0 atom stereocenters. The molecule has 2 heterocycles. The molecule has 2 aliphatic heterocycles. The van der Waals surface area contributed by atoms with Crippen LogP contribution in [-0.2, 0) is 25.9 Å². The van der Waals surface area contributed by atoms with E-state index in [1.165, 1.54) is 5.56 Å². The summed E-state index contributed by atoms with van der Waals surface area (Å²) in [6.07, 6.45) is 6.01. The van der Waals surface area contributed by atoms with Crippen molar-refractivity contribution in [1.29, 1.82) is 0 Å². The number of hydrogen-bond acceptors (Lipinski definition) is 6. The van der Waals surface area contributed by atoms with E-state index in [1.54, 1.807) is 23.9 Å². The first-order valence-electron chi connectivity index (χ1n) is 13.2. The summed E-state index contributed by atoms with van der Waals surface area (Å²) < 4.78 is 31.6. The Hall–Kier alpha value is -2.91. The molecule has 0 bridgehead atoms. The minimum absolute atomic E-state index is 0.0997. The van der Waals surface area contributed by atoms with E-state index in [4.69, 9.17) is 4.74 Å². The summed E-state index contributed by atoms with van der Waals surface area (Å²) >= 11 is 1.64. The van der Waals surface area contributed by atoms with Gasteiger partial charge in [-0.25, -0.2) is 8.42 Å². The van der Waals surface area contributed by atoms with Gasteiger partial charge in [0.15, 0.2) is 9.84 Å². The highest BCUT2D eigenvalue weighted by molar-refractivity contribution is 7.98. The van der Waals surface area contributed by atoms with Crippen LogP contribution in [0.5, 0.6) is 0 Å². The Morgan fingerprint density at radius 3 is 2.54 bits per heavy atom. The van der Waals surface area contributed by atoms with E-state index in [0.717, 1.165) is 48.6 Å². The van der Waals surface area contributed by atoms with Gasteiger partial charge in [0.25, 0.3) is 5.91 Å². The molecule has 8 heteroatoms. The Morgan fingerprint density at radius 2 is 1.79 bits per heavy atom. The Bertz CT molecular complexity index is 1480. The lowest BCUT2D eigenvalue weighted by Crippen LogP contribution is -2.36. The molecule has 0 saturated carbocycles. The number of nitrogens with zero attached hydrogens (tertiary/aromatic N) is 1. The van der Waals surface area contributed by atoms with Crippen LogP contribution in [0, 0.1) is 0 Å². The summed E-state index contributed by atoms with van der Waals surface area (Å²) in [6, 6.07) is 21.8. The van der Waals surface area contributed by atoms with E-state index in [0.29, 0.717) is 22.9 Å². The maximum Gasteiger partial charge on any atom is 0.251 e. The van der Waals surface area contributed by atoms with Gasteiger partial charge in [0.1, 0.15) is 0 Å². The summed E-state index contributed by atoms with van der Waals surface area (Å²) in [5.74, 6) is -0.377. The molecule has 2 aliphatic rings. The Morgan fingerprint density at radius 1 is 1.05 bits per heavy atom. The molecule has 3 aromatic rings. The SMILES string of the molecule is CSc1ccccc1-c1ccc2c(c1)C=C(C(=O)Nc1ccc(CN(C)C3CCOCC3)cc1)CCS2(=O)=O. The average Bonchev–Trinajstić information content (AvgIpc) is 3.09. The van der Waals surface area contributed by atoms with Gasteiger partial charge in [-0.15, -0.1) is 11.8 Å². The van der Waals surface area contributed by atoms with Gasteiger partial charge in [0, 0.05) is 42.0 Å². The number of carbonyl (C=O) groups is 1. The lowest BCUT2D eigenvalue weighted by Gasteiger charge is -2.31. The normalized spacial score (nSPS) is 17.3. The first-order valence-corrected chi connectivity index (χ1v) is 16.1. The third-order valence-corrected chi connectivity index (χ3v) is 10.1. The molecule has 0 radical (unpaired) electrons. The summed E-state index contributed by atoms with van der Waals surface area (Å²) in [5, 5.41) is 2.97. The molecule has 1 N–H and O–H groups in total.